The van der Waals surface area contributed by atoms with E-state index in [1.165, 1.54) is 36.1 Å². The number of carbonyl (C=O) groups is 11. The third-order valence-electron chi connectivity index (χ3n) is 16.9. The summed E-state index contributed by atoms with van der Waals surface area (Å²) < 4.78 is 0. The molecule has 31 heteroatoms. The summed E-state index contributed by atoms with van der Waals surface area (Å²) in [7, 11) is 0. The van der Waals surface area contributed by atoms with E-state index >= 15 is 4.79 Å². The van der Waals surface area contributed by atoms with E-state index in [-0.39, 0.29) is 101 Å². The molecule has 2 heterocycles. The molecular formula is C69H92Cl2N16O13. The number of unbranched alkanes of at least 4 members (excludes halogenated alkanes) is 1. The predicted octanol–water partition coefficient (Wildman–Crippen LogP) is 0.842. The quantitative estimate of drug-likeness (QED) is 0.0149. The van der Waals surface area contributed by atoms with E-state index in [2.05, 4.69) is 47.5 Å². The van der Waals surface area contributed by atoms with Gasteiger partial charge in [0.15, 0.2) is 5.96 Å². The minimum Gasteiger partial charge on any atom is -0.508 e. The molecule has 100 heavy (non-hydrogen) atoms. The zero-order valence-corrected chi connectivity index (χ0v) is 57.8. The number of likely N-dealkylation sites (tertiary alicyclic amines) is 1. The second kappa shape index (κ2) is 38.6. The molecule has 0 spiro atoms. The van der Waals surface area contributed by atoms with Gasteiger partial charge in [-0.1, -0.05) is 91.6 Å². The normalized spacial score (nSPS) is 15.5. The molecule has 5 aromatic rings. The summed E-state index contributed by atoms with van der Waals surface area (Å²) in [6.45, 7) is 5.46. The molecule has 0 bridgehead atoms. The fourth-order valence-electron chi connectivity index (χ4n) is 11.6. The van der Waals surface area contributed by atoms with E-state index in [1.54, 1.807) is 92.8 Å². The molecule has 11 amide bonds. The number of hydrogen-bond donors (Lipinski definition) is 16. The maximum absolute atomic E-state index is 15.1. The van der Waals surface area contributed by atoms with Gasteiger partial charge in [0, 0.05) is 66.4 Å². The number of halogens is 2. The molecule has 0 saturated carbocycles. The zero-order chi connectivity index (χ0) is 73.3. The Morgan fingerprint density at radius 2 is 1.16 bits per heavy atom. The number of nitrogens with one attached hydrogen (secondary N) is 10. The number of guanidine groups is 1. The molecule has 4 aromatic carbocycles. The van der Waals surface area contributed by atoms with Crippen LogP contribution in [-0.2, 0) is 78.4 Å². The van der Waals surface area contributed by atoms with Crippen LogP contribution in [0.1, 0.15) is 101 Å². The Balaban J connectivity index is 1.28. The summed E-state index contributed by atoms with van der Waals surface area (Å²) in [6, 6.07) is 11.4. The monoisotopic (exact) mass is 1420 g/mol. The molecule has 0 unspecified atom stereocenters. The number of aliphatic hydroxyl groups excluding tert-OH is 1. The van der Waals surface area contributed by atoms with Crippen LogP contribution in [0.4, 0.5) is 0 Å². The number of benzene rings is 4. The van der Waals surface area contributed by atoms with Gasteiger partial charge < -0.3 is 85.6 Å². The number of hydrogen-bond acceptors (Lipinski definition) is 16. The van der Waals surface area contributed by atoms with Crippen LogP contribution in [0.3, 0.4) is 0 Å². The van der Waals surface area contributed by atoms with E-state index in [1.807, 2.05) is 0 Å². The van der Waals surface area contributed by atoms with Crippen LogP contribution in [0.25, 0.3) is 10.9 Å². The molecule has 1 aliphatic rings. The fraction of sp³-hybridized carbons (Fsp3) is 0.449. The number of aromatic hydroxyl groups is 1. The van der Waals surface area contributed by atoms with Crippen LogP contribution in [0, 0.1) is 11.3 Å². The Bertz CT molecular complexity index is 3670. The lowest BCUT2D eigenvalue weighted by Crippen LogP contribution is -2.62. The van der Waals surface area contributed by atoms with Gasteiger partial charge in [-0.25, -0.2) is 0 Å². The number of nitrogens with two attached hydrogens (primary N) is 4. The van der Waals surface area contributed by atoms with E-state index in [0.29, 0.717) is 56.0 Å². The van der Waals surface area contributed by atoms with E-state index < -0.39 is 132 Å². The number of amides is 11. The number of phenolic OH excluding ortho intramolecular Hbond substituents is 1. The molecule has 6 rings (SSSR count). The smallest absolute Gasteiger partial charge is 0.247 e. The molecule has 1 aliphatic heterocycles. The predicted molar refractivity (Wildman–Crippen MR) is 375 cm³/mol. The van der Waals surface area contributed by atoms with Crippen LogP contribution in [0.5, 0.6) is 5.75 Å². The van der Waals surface area contributed by atoms with Gasteiger partial charge in [0.25, 0.3) is 0 Å². The van der Waals surface area contributed by atoms with Crippen molar-refractivity contribution >= 4 is 105 Å². The highest BCUT2D eigenvalue weighted by Gasteiger charge is 2.41. The summed E-state index contributed by atoms with van der Waals surface area (Å²) >= 11 is 12.3. The molecule has 10 atom stereocenters. The Kier molecular flexibility index (Phi) is 30.6. The molecule has 1 fully saturated rings. The summed E-state index contributed by atoms with van der Waals surface area (Å²) in [5, 5.41) is 51.5. The van der Waals surface area contributed by atoms with Crippen molar-refractivity contribution in [3.05, 3.63) is 136 Å². The van der Waals surface area contributed by atoms with Gasteiger partial charge in [-0.05, 0) is 142 Å². The van der Waals surface area contributed by atoms with E-state index in [0.717, 1.165) is 11.8 Å². The van der Waals surface area contributed by atoms with Crippen molar-refractivity contribution in [1.29, 1.82) is 5.41 Å². The number of aliphatic hydroxyl groups is 1. The second-order valence-electron chi connectivity index (χ2n) is 25.2. The molecule has 0 aliphatic carbocycles. The lowest BCUT2D eigenvalue weighted by Gasteiger charge is -2.32. The topological polar surface area (TPSA) is 475 Å². The number of nitrogens with zero attached hydrogens (tertiary/aromatic N) is 2. The number of phenols is 1. The van der Waals surface area contributed by atoms with Crippen LogP contribution < -0.4 is 65.5 Å². The van der Waals surface area contributed by atoms with E-state index in [9.17, 15) is 58.2 Å². The van der Waals surface area contributed by atoms with Gasteiger partial charge in [-0.2, -0.15) is 0 Å². The highest BCUT2D eigenvalue weighted by Crippen LogP contribution is 2.24. The average molecular weight is 1420 g/mol. The molecule has 540 valence electrons. The van der Waals surface area contributed by atoms with Crippen LogP contribution in [0.2, 0.25) is 10.0 Å². The average Bonchev–Trinajstić information content (AvgIpc) is 1.43. The number of primary amides is 1. The minimum atomic E-state index is -1.85. The fourth-order valence-corrected chi connectivity index (χ4v) is 11.8. The highest BCUT2D eigenvalue weighted by molar-refractivity contribution is 6.30. The van der Waals surface area contributed by atoms with Crippen molar-refractivity contribution < 1.29 is 63.0 Å². The van der Waals surface area contributed by atoms with Crippen LogP contribution in [0.15, 0.2) is 103 Å². The lowest BCUT2D eigenvalue weighted by atomic mass is 9.99. The van der Waals surface area contributed by atoms with Gasteiger partial charge in [-0.3, -0.25) is 63.0 Å². The maximum atomic E-state index is 15.1. The molecule has 29 nitrogen and oxygen atoms in total. The van der Waals surface area contributed by atoms with Crippen molar-refractivity contribution in [2.24, 2.45) is 28.9 Å². The summed E-state index contributed by atoms with van der Waals surface area (Å²) in [4.78, 5) is 162. The molecule has 1 saturated heterocycles. The van der Waals surface area contributed by atoms with E-state index in [4.69, 9.17) is 51.5 Å². The third-order valence-corrected chi connectivity index (χ3v) is 17.4. The largest absolute Gasteiger partial charge is 0.508 e. The molecule has 0 radical (unpaired) electrons. The highest BCUT2D eigenvalue weighted by atomic mass is 35.5. The first-order chi connectivity index (χ1) is 47.6. The van der Waals surface area contributed by atoms with Crippen molar-refractivity contribution in [1.82, 2.24) is 57.3 Å². The summed E-state index contributed by atoms with van der Waals surface area (Å²) in [5.41, 5.74) is 25.9. The van der Waals surface area contributed by atoms with Crippen molar-refractivity contribution in [2.45, 2.75) is 165 Å². The first-order valence-corrected chi connectivity index (χ1v) is 33.9. The Morgan fingerprint density at radius 1 is 0.640 bits per heavy atom. The number of H-pyrrole nitrogens is 1. The van der Waals surface area contributed by atoms with Gasteiger partial charge >= 0.3 is 0 Å². The van der Waals surface area contributed by atoms with Crippen molar-refractivity contribution in [3.63, 3.8) is 0 Å². The van der Waals surface area contributed by atoms with Crippen LogP contribution in [-0.4, -0.2) is 183 Å². The summed E-state index contributed by atoms with van der Waals surface area (Å²) in [5.74, 6) is -10.2. The van der Waals surface area contributed by atoms with Gasteiger partial charge in [0.2, 0.25) is 65.0 Å². The molecule has 1 aromatic heterocycles. The number of imide groups is 1. The SMILES string of the molecule is CC(=O)N(C(=O)[C@@H](N)Cc1ccc(Cl)cc1)[C@@H](Cc1ccc(Cl)cc1)C(=O)N[C@H](Cc1c[nH]c2ccccc12)C(=O)N[C@@H](CO)C(=O)N[C@@H](Cc1ccc(O)cc1)C(=O)N[C@H](CCCCN)C(=O)N[C@@H](CC(C)C)C(=O)N[C@@H](CCCNC(=N)N)C(=O)N1CCC[C@H]1C(=O)N[C@H](C)C(N)=O. The van der Waals surface area contributed by atoms with Gasteiger partial charge in [-0.15, -0.1) is 0 Å². The van der Waals surface area contributed by atoms with Gasteiger partial charge in [0.05, 0.1) is 12.6 Å². The number of aromatic amines is 1. The minimum absolute atomic E-state index is 0.00935. The molecular weight excluding hydrogens is 1330 g/mol. The first-order valence-electron chi connectivity index (χ1n) is 33.1. The maximum Gasteiger partial charge on any atom is 0.247 e. The van der Waals surface area contributed by atoms with Crippen LogP contribution >= 0.6 is 23.2 Å². The standard InChI is InChI=1S/C69H92Cl2N16O13/c1-38(2)31-53(61(93)81-52(14-9-29-77-69(75)76)68(100)86-30-10-15-57(86)65(97)79-39(3)59(74)91)82-60(92)51(13-7-8-28-72)80-62(94)54(33-42-20-26-47(90)27-21-42)83-64(96)56(37-88)85-63(95)55(35-44-36-78-50-12-6-5-11-48(44)50)84-66(98)58(34-43-18-24-46(71)25-19-43)87(40(4)89)67(99)49(73)32-41-16-22-45(70)23-17-41/h5-6,11-12,16-27,36,38-39,49,51-58,78,88,90H,7-10,13-15,28-35,37,72-73H2,1-4H3,(H2,74,91)(H,79,97)(H,80,94)(H,81,93)(H,82,92)(H,83,96)(H,84,98)(H,85,95)(H4,75,76,77)/t39-,49+,51-,52+,53+,54+,55-,56+,57+,58+/m1/s1. The zero-order valence-electron chi connectivity index (χ0n) is 56.3. The van der Waals surface area contributed by atoms with Crippen molar-refractivity contribution in [3.8, 4) is 5.75 Å². The number of rotatable bonds is 37. The number of fused-ring (bicyclic) bond motifs is 1. The molecule has 20 N–H and O–H groups in total. The third kappa shape index (κ3) is 23.8. The number of carbonyl (C=O) groups excluding carboxylic acids is 11. The lowest BCUT2D eigenvalue weighted by molar-refractivity contribution is -0.152. The number of para-hydroxylation sites is 1. The Hall–Kier alpha value is -9.68. The summed E-state index contributed by atoms with van der Waals surface area (Å²) in [6.07, 6.45) is 2.21. The Labute approximate surface area is 589 Å². The van der Waals surface area contributed by atoms with Crippen molar-refractivity contribution in [2.75, 3.05) is 26.2 Å². The Morgan fingerprint density at radius 3 is 1.76 bits per heavy atom. The van der Waals surface area contributed by atoms with Gasteiger partial charge in [0.1, 0.15) is 60.1 Å². The number of aromatic nitrogens is 1. The second-order valence-corrected chi connectivity index (χ2v) is 26.1. The first kappa shape index (κ1) is 79.3.